The predicted molar refractivity (Wildman–Crippen MR) is 122 cm³/mol. The number of halogens is 1. The number of nitrogens with zero attached hydrogens (tertiary/aromatic N) is 5. The van der Waals surface area contributed by atoms with Crippen molar-refractivity contribution in [3.63, 3.8) is 0 Å². The molecule has 1 atom stereocenters. The highest BCUT2D eigenvalue weighted by atomic mass is 35.5. The lowest BCUT2D eigenvalue weighted by Gasteiger charge is -2.26. The SMILES string of the molecule is Cc1cnccc1-c1cnc(N(C)C)nc1[C@H]1CCCN1S(=O)(=O)c1cccc(Cl)c1. The van der Waals surface area contributed by atoms with Crippen LogP contribution in [0.4, 0.5) is 5.95 Å². The number of hydrogen-bond donors (Lipinski definition) is 0. The van der Waals surface area contributed by atoms with Crippen LogP contribution in [0.5, 0.6) is 0 Å². The minimum absolute atomic E-state index is 0.190. The van der Waals surface area contributed by atoms with Gasteiger partial charge in [0.15, 0.2) is 0 Å². The number of hydrogen-bond acceptors (Lipinski definition) is 6. The molecular weight excluding hydrogens is 434 g/mol. The van der Waals surface area contributed by atoms with Crippen LogP contribution in [0.1, 0.15) is 30.1 Å². The first-order valence-electron chi connectivity index (χ1n) is 10.0. The highest BCUT2D eigenvalue weighted by Gasteiger charge is 2.38. The Morgan fingerprint density at radius 2 is 1.97 bits per heavy atom. The van der Waals surface area contributed by atoms with E-state index in [4.69, 9.17) is 16.6 Å². The van der Waals surface area contributed by atoms with Crippen LogP contribution in [0.25, 0.3) is 11.1 Å². The molecular formula is C22H24ClN5O2S. The third-order valence-corrected chi connectivity index (χ3v) is 7.58. The van der Waals surface area contributed by atoms with E-state index in [-0.39, 0.29) is 4.90 Å². The quantitative estimate of drug-likeness (QED) is 0.574. The van der Waals surface area contributed by atoms with Crippen molar-refractivity contribution in [3.05, 3.63) is 65.2 Å². The number of aryl methyl sites for hydroxylation is 1. The summed E-state index contributed by atoms with van der Waals surface area (Å²) in [5, 5.41) is 0.391. The highest BCUT2D eigenvalue weighted by molar-refractivity contribution is 7.89. The molecule has 1 saturated heterocycles. The molecule has 4 rings (SSSR count). The van der Waals surface area contributed by atoms with Gasteiger partial charge in [0.2, 0.25) is 16.0 Å². The molecule has 0 amide bonds. The van der Waals surface area contributed by atoms with Crippen LogP contribution >= 0.6 is 11.6 Å². The van der Waals surface area contributed by atoms with Crippen LogP contribution in [-0.2, 0) is 10.0 Å². The van der Waals surface area contributed by atoms with Gasteiger partial charge in [-0.15, -0.1) is 0 Å². The van der Waals surface area contributed by atoms with Gasteiger partial charge in [0.25, 0.3) is 0 Å². The van der Waals surface area contributed by atoms with Gasteiger partial charge < -0.3 is 4.90 Å². The minimum Gasteiger partial charge on any atom is -0.347 e. The van der Waals surface area contributed by atoms with Gasteiger partial charge in [0.1, 0.15) is 0 Å². The van der Waals surface area contributed by atoms with Gasteiger partial charge in [-0.05, 0) is 55.2 Å². The molecule has 0 aliphatic carbocycles. The van der Waals surface area contributed by atoms with E-state index in [2.05, 4.69) is 9.97 Å². The molecule has 0 radical (unpaired) electrons. The van der Waals surface area contributed by atoms with E-state index in [1.165, 1.54) is 6.07 Å². The molecule has 1 aromatic carbocycles. The zero-order valence-corrected chi connectivity index (χ0v) is 19.2. The Hall–Kier alpha value is -2.55. The van der Waals surface area contributed by atoms with E-state index in [1.807, 2.05) is 32.0 Å². The maximum Gasteiger partial charge on any atom is 0.243 e. The van der Waals surface area contributed by atoms with E-state index >= 15 is 0 Å². The molecule has 3 heterocycles. The average Bonchev–Trinajstić information content (AvgIpc) is 3.24. The zero-order valence-electron chi connectivity index (χ0n) is 17.7. The summed E-state index contributed by atoms with van der Waals surface area (Å²) in [5.74, 6) is 0.539. The number of pyridine rings is 1. The van der Waals surface area contributed by atoms with Crippen molar-refractivity contribution in [1.82, 2.24) is 19.3 Å². The fraction of sp³-hybridized carbons (Fsp3) is 0.318. The number of benzene rings is 1. The predicted octanol–water partition coefficient (Wildman–Crippen LogP) is 4.09. The monoisotopic (exact) mass is 457 g/mol. The van der Waals surface area contributed by atoms with Crippen LogP contribution in [0.2, 0.25) is 5.02 Å². The number of aromatic nitrogens is 3. The molecule has 0 saturated carbocycles. The van der Waals surface area contributed by atoms with E-state index < -0.39 is 16.1 Å². The van der Waals surface area contributed by atoms with Gasteiger partial charge >= 0.3 is 0 Å². The van der Waals surface area contributed by atoms with Gasteiger partial charge in [-0.25, -0.2) is 18.4 Å². The first kappa shape index (κ1) is 21.7. The summed E-state index contributed by atoms with van der Waals surface area (Å²) in [6.07, 6.45) is 6.72. The highest BCUT2D eigenvalue weighted by Crippen LogP contribution is 2.40. The summed E-state index contributed by atoms with van der Waals surface area (Å²) in [5.41, 5.74) is 3.45. The largest absolute Gasteiger partial charge is 0.347 e. The molecule has 7 nitrogen and oxygen atoms in total. The average molecular weight is 458 g/mol. The first-order valence-corrected chi connectivity index (χ1v) is 11.8. The maximum atomic E-state index is 13.5. The maximum absolute atomic E-state index is 13.5. The second-order valence-electron chi connectivity index (χ2n) is 7.79. The summed E-state index contributed by atoms with van der Waals surface area (Å²) in [6, 6.07) is 7.91. The Morgan fingerprint density at radius 3 is 2.68 bits per heavy atom. The zero-order chi connectivity index (χ0) is 22.2. The Kier molecular flexibility index (Phi) is 5.96. The van der Waals surface area contributed by atoms with E-state index in [1.54, 1.807) is 41.1 Å². The smallest absolute Gasteiger partial charge is 0.243 e. The standard InChI is InChI=1S/C22H24ClN5O2S/c1-15-13-24-10-9-18(15)19-14-25-22(27(2)3)26-21(19)20-8-5-11-28(20)31(29,30)17-7-4-6-16(23)12-17/h4,6-7,9-10,12-14,20H,5,8,11H2,1-3H3/t20-/m1/s1. The minimum atomic E-state index is -3.74. The summed E-state index contributed by atoms with van der Waals surface area (Å²) < 4.78 is 28.6. The van der Waals surface area contributed by atoms with E-state index in [9.17, 15) is 8.42 Å². The number of rotatable bonds is 5. The number of anilines is 1. The lowest BCUT2D eigenvalue weighted by Crippen LogP contribution is -2.31. The topological polar surface area (TPSA) is 79.3 Å². The second kappa shape index (κ2) is 8.53. The molecule has 0 N–H and O–H groups in total. The lowest BCUT2D eigenvalue weighted by atomic mass is 9.98. The van der Waals surface area contributed by atoms with Gasteiger partial charge in [-0.3, -0.25) is 4.98 Å². The molecule has 0 bridgehead atoms. The van der Waals surface area contributed by atoms with Gasteiger partial charge in [0.05, 0.1) is 16.6 Å². The molecule has 0 spiro atoms. The van der Waals surface area contributed by atoms with E-state index in [0.29, 0.717) is 29.6 Å². The summed E-state index contributed by atoms with van der Waals surface area (Å²) in [6.45, 7) is 2.40. The molecule has 1 aliphatic heterocycles. The Labute approximate surface area is 187 Å². The number of sulfonamides is 1. The molecule has 1 fully saturated rings. The molecule has 3 aromatic rings. The van der Waals surface area contributed by atoms with Crippen LogP contribution in [0.3, 0.4) is 0 Å². The van der Waals surface area contributed by atoms with Crippen LogP contribution in [0.15, 0.2) is 53.8 Å². The molecule has 31 heavy (non-hydrogen) atoms. The fourth-order valence-electron chi connectivity index (χ4n) is 3.90. The van der Waals surface area contributed by atoms with Crippen LogP contribution in [-0.4, -0.2) is 48.3 Å². The van der Waals surface area contributed by atoms with Crippen molar-refractivity contribution in [3.8, 4) is 11.1 Å². The Bertz CT molecular complexity index is 1220. The van der Waals surface area contributed by atoms with Crippen molar-refractivity contribution in [2.75, 3.05) is 25.5 Å². The van der Waals surface area contributed by atoms with Crippen LogP contribution in [0, 0.1) is 6.92 Å². The third-order valence-electron chi connectivity index (χ3n) is 5.44. The summed E-state index contributed by atoms with van der Waals surface area (Å²) in [4.78, 5) is 15.5. The van der Waals surface area contributed by atoms with Crippen molar-refractivity contribution in [2.45, 2.75) is 30.7 Å². The van der Waals surface area contributed by atoms with Crippen LogP contribution < -0.4 is 4.90 Å². The normalized spacial score (nSPS) is 17.1. The summed E-state index contributed by atoms with van der Waals surface area (Å²) >= 11 is 6.07. The fourth-order valence-corrected chi connectivity index (χ4v) is 5.86. The molecule has 2 aromatic heterocycles. The van der Waals surface area contributed by atoms with Gasteiger partial charge in [-0.2, -0.15) is 4.31 Å². The molecule has 162 valence electrons. The molecule has 1 aliphatic rings. The van der Waals surface area contributed by atoms with Crippen molar-refractivity contribution in [2.24, 2.45) is 0 Å². The first-order chi connectivity index (χ1) is 14.8. The summed E-state index contributed by atoms with van der Waals surface area (Å²) in [7, 11) is -0.00482. The van der Waals surface area contributed by atoms with Crippen molar-refractivity contribution < 1.29 is 8.42 Å². The van der Waals surface area contributed by atoms with Gasteiger partial charge in [0, 0.05) is 49.8 Å². The Balaban J connectivity index is 1.86. The molecule has 0 unspecified atom stereocenters. The Morgan fingerprint density at radius 1 is 1.16 bits per heavy atom. The lowest BCUT2D eigenvalue weighted by molar-refractivity contribution is 0.391. The molecule has 9 heteroatoms. The van der Waals surface area contributed by atoms with Crippen molar-refractivity contribution >= 4 is 27.6 Å². The van der Waals surface area contributed by atoms with E-state index in [0.717, 1.165) is 23.1 Å². The van der Waals surface area contributed by atoms with Gasteiger partial charge in [-0.1, -0.05) is 17.7 Å². The third kappa shape index (κ3) is 4.15. The second-order valence-corrected chi connectivity index (χ2v) is 10.1. The van der Waals surface area contributed by atoms with Crippen molar-refractivity contribution in [1.29, 1.82) is 0 Å².